The minimum absolute atomic E-state index is 1.04. The summed E-state index contributed by atoms with van der Waals surface area (Å²) in [5, 5.41) is 0. The van der Waals surface area contributed by atoms with Crippen LogP contribution in [0.25, 0.3) is 23.5 Å². The molecule has 2 aromatic heterocycles. The van der Waals surface area contributed by atoms with Crippen molar-refractivity contribution < 1.29 is 9.13 Å². The Morgan fingerprint density at radius 1 is 0.655 bits per heavy atom. The molecular formula is C27H26N2+2. The van der Waals surface area contributed by atoms with Crippen LogP contribution in [0.1, 0.15) is 30.4 Å². The zero-order valence-corrected chi connectivity index (χ0v) is 16.7. The SMILES string of the molecule is C1=CCC(/C=C/c2cc[n+]3c(c2)-c2cc(/C=C/C4=CC=CC4)cc[n+]2CCC3)=C1. The molecule has 3 heterocycles. The first kappa shape index (κ1) is 17.8. The van der Waals surface area contributed by atoms with Crippen LogP contribution in [0.2, 0.25) is 0 Å². The third-order valence-corrected chi connectivity index (χ3v) is 5.76. The summed E-state index contributed by atoms with van der Waals surface area (Å²) in [7, 11) is 0. The van der Waals surface area contributed by atoms with E-state index < -0.39 is 0 Å². The van der Waals surface area contributed by atoms with Crippen molar-refractivity contribution in [3.8, 4) is 11.4 Å². The molecule has 2 heteroatoms. The molecule has 0 bridgehead atoms. The smallest absolute Gasteiger partial charge is 0.193 e. The average molecular weight is 379 g/mol. The lowest BCUT2D eigenvalue weighted by Gasteiger charge is -2.02. The molecule has 0 amide bonds. The Bertz CT molecular complexity index is 1030. The molecule has 0 radical (unpaired) electrons. The maximum atomic E-state index is 2.39. The number of hydrogen-bond donors (Lipinski definition) is 0. The highest BCUT2D eigenvalue weighted by molar-refractivity contribution is 5.62. The van der Waals surface area contributed by atoms with E-state index in [4.69, 9.17) is 0 Å². The first-order chi connectivity index (χ1) is 14.3. The van der Waals surface area contributed by atoms with E-state index in [9.17, 15) is 0 Å². The molecule has 0 fully saturated rings. The van der Waals surface area contributed by atoms with E-state index in [2.05, 4.69) is 107 Å². The van der Waals surface area contributed by atoms with Crippen LogP contribution in [0.15, 0.2) is 96.4 Å². The molecule has 0 unspecified atom stereocenters. The predicted molar refractivity (Wildman–Crippen MR) is 119 cm³/mol. The van der Waals surface area contributed by atoms with Gasteiger partial charge < -0.3 is 0 Å². The van der Waals surface area contributed by atoms with E-state index in [1.54, 1.807) is 0 Å². The summed E-state index contributed by atoms with van der Waals surface area (Å²) < 4.78 is 4.78. The van der Waals surface area contributed by atoms with Gasteiger partial charge in [-0.05, 0) is 35.1 Å². The largest absolute Gasteiger partial charge is 0.277 e. The second-order valence-electron chi connectivity index (χ2n) is 7.85. The molecular weight excluding hydrogens is 352 g/mol. The average Bonchev–Trinajstić information content (AvgIpc) is 3.43. The fraction of sp³-hybridized carbons (Fsp3) is 0.185. The quantitative estimate of drug-likeness (QED) is 0.652. The summed E-state index contributed by atoms with van der Waals surface area (Å²) in [5.41, 5.74) is 7.82. The van der Waals surface area contributed by atoms with Crippen molar-refractivity contribution >= 4 is 12.2 Å². The van der Waals surface area contributed by atoms with Gasteiger partial charge in [-0.15, -0.1) is 0 Å². The number of pyridine rings is 2. The summed E-state index contributed by atoms with van der Waals surface area (Å²) in [6.07, 6.45) is 29.7. The van der Waals surface area contributed by atoms with Gasteiger partial charge in [0.1, 0.15) is 0 Å². The molecule has 0 N–H and O–H groups in total. The van der Waals surface area contributed by atoms with Gasteiger partial charge in [-0.1, -0.05) is 60.8 Å². The van der Waals surface area contributed by atoms with Gasteiger partial charge in [0.25, 0.3) is 11.4 Å². The van der Waals surface area contributed by atoms with Crippen LogP contribution in [0, 0.1) is 0 Å². The van der Waals surface area contributed by atoms with Crippen LogP contribution in [-0.2, 0) is 13.1 Å². The highest BCUT2D eigenvalue weighted by Gasteiger charge is 2.27. The molecule has 1 aliphatic heterocycles. The molecule has 2 aliphatic carbocycles. The normalized spacial score (nSPS) is 17.5. The molecule has 29 heavy (non-hydrogen) atoms. The van der Waals surface area contributed by atoms with E-state index in [-0.39, 0.29) is 0 Å². The minimum Gasteiger partial charge on any atom is -0.193 e. The van der Waals surface area contributed by atoms with Crippen LogP contribution < -0.4 is 9.13 Å². The Morgan fingerprint density at radius 3 is 1.62 bits per heavy atom. The highest BCUT2D eigenvalue weighted by Crippen LogP contribution is 2.20. The Morgan fingerprint density at radius 2 is 1.17 bits per heavy atom. The molecule has 2 nitrogen and oxygen atoms in total. The van der Waals surface area contributed by atoms with E-state index >= 15 is 0 Å². The van der Waals surface area contributed by atoms with Gasteiger partial charge in [0, 0.05) is 24.3 Å². The fourth-order valence-electron chi connectivity index (χ4n) is 4.12. The monoisotopic (exact) mass is 378 g/mol. The van der Waals surface area contributed by atoms with Crippen LogP contribution in [0.5, 0.6) is 0 Å². The summed E-state index contributed by atoms with van der Waals surface area (Å²) in [5.74, 6) is 0. The second-order valence-corrected chi connectivity index (χ2v) is 7.85. The minimum atomic E-state index is 1.04. The van der Waals surface area contributed by atoms with Crippen LogP contribution >= 0.6 is 0 Å². The Kier molecular flexibility index (Phi) is 4.92. The molecule has 3 aliphatic rings. The maximum absolute atomic E-state index is 2.39. The zero-order chi connectivity index (χ0) is 19.5. The molecule has 0 saturated heterocycles. The Balaban J connectivity index is 1.49. The molecule has 0 aromatic carbocycles. The summed E-state index contributed by atoms with van der Waals surface area (Å²) in [6, 6.07) is 9.10. The zero-order valence-electron chi connectivity index (χ0n) is 16.7. The van der Waals surface area contributed by atoms with Crippen LogP contribution in [0.3, 0.4) is 0 Å². The third-order valence-electron chi connectivity index (χ3n) is 5.76. The van der Waals surface area contributed by atoms with Crippen LogP contribution in [-0.4, -0.2) is 0 Å². The number of allylic oxidation sites excluding steroid dienone is 10. The van der Waals surface area contributed by atoms with Crippen molar-refractivity contribution in [2.45, 2.75) is 32.4 Å². The number of aromatic nitrogens is 2. The number of nitrogens with zero attached hydrogens (tertiary/aromatic N) is 2. The highest BCUT2D eigenvalue weighted by atomic mass is 15.1. The summed E-state index contributed by atoms with van der Waals surface area (Å²) in [6.45, 7) is 2.11. The van der Waals surface area contributed by atoms with Gasteiger partial charge in [0.15, 0.2) is 25.5 Å². The van der Waals surface area contributed by atoms with Crippen molar-refractivity contribution in [3.63, 3.8) is 0 Å². The van der Waals surface area contributed by atoms with Crippen molar-refractivity contribution in [2.24, 2.45) is 0 Å². The van der Waals surface area contributed by atoms with Gasteiger partial charge in [-0.2, -0.15) is 9.13 Å². The molecule has 0 saturated carbocycles. The van der Waals surface area contributed by atoms with Gasteiger partial charge >= 0.3 is 0 Å². The number of fused-ring (bicyclic) bond motifs is 3. The van der Waals surface area contributed by atoms with E-state index in [0.29, 0.717) is 0 Å². The Hall–Kier alpha value is -3.26. The molecule has 5 rings (SSSR count). The number of rotatable bonds is 4. The molecule has 2 aromatic rings. The lowest BCUT2D eigenvalue weighted by Crippen LogP contribution is -2.37. The number of hydrogen-bond acceptors (Lipinski definition) is 0. The summed E-state index contributed by atoms with van der Waals surface area (Å²) >= 11 is 0. The van der Waals surface area contributed by atoms with Crippen LogP contribution in [0.4, 0.5) is 0 Å². The predicted octanol–water partition coefficient (Wildman–Crippen LogP) is 5.13. The first-order valence-corrected chi connectivity index (χ1v) is 10.5. The second kappa shape index (κ2) is 8.00. The fourth-order valence-corrected chi connectivity index (χ4v) is 4.12. The van der Waals surface area contributed by atoms with Gasteiger partial charge in [0.05, 0.1) is 6.42 Å². The van der Waals surface area contributed by atoms with Gasteiger partial charge in [-0.3, -0.25) is 0 Å². The molecule has 0 spiro atoms. The van der Waals surface area contributed by atoms with Crippen molar-refractivity contribution in [2.75, 3.05) is 0 Å². The van der Waals surface area contributed by atoms with Gasteiger partial charge in [-0.25, -0.2) is 0 Å². The lowest BCUT2D eigenvalue weighted by molar-refractivity contribution is -0.688. The van der Waals surface area contributed by atoms with Crippen molar-refractivity contribution in [1.29, 1.82) is 0 Å². The Labute approximate surface area is 172 Å². The summed E-state index contributed by atoms with van der Waals surface area (Å²) in [4.78, 5) is 0. The maximum Gasteiger partial charge on any atom is 0.277 e. The molecule has 0 atom stereocenters. The van der Waals surface area contributed by atoms with Crippen molar-refractivity contribution in [1.82, 2.24) is 0 Å². The van der Waals surface area contributed by atoms with E-state index in [0.717, 1.165) is 32.4 Å². The first-order valence-electron chi connectivity index (χ1n) is 10.5. The molecule has 142 valence electrons. The standard InChI is InChI=1S/C27H26N2/c1-2-7-22(6-1)10-12-24-14-18-28-16-5-17-29-19-15-25(21-27(29)26(28)20-24)13-11-23-8-3-4-9-23/h1-4,6,8,10-15,18-21H,5,7,9,16-17H2/q+2/b12-10+,13-11+. The van der Waals surface area contributed by atoms with E-state index in [1.807, 2.05) is 0 Å². The van der Waals surface area contributed by atoms with E-state index in [1.165, 1.54) is 33.7 Å². The van der Waals surface area contributed by atoms with Gasteiger partial charge in [0.2, 0.25) is 0 Å². The third kappa shape index (κ3) is 3.97. The lowest BCUT2D eigenvalue weighted by atomic mass is 10.1. The van der Waals surface area contributed by atoms with Crippen molar-refractivity contribution in [3.05, 3.63) is 108 Å². The topological polar surface area (TPSA) is 7.76 Å². The number of aryl methyl sites for hydroxylation is 2.